The lowest BCUT2D eigenvalue weighted by Gasteiger charge is -2.41. The average molecular weight is 382 g/mol. The molecule has 3 fully saturated rings. The van der Waals surface area contributed by atoms with Gasteiger partial charge < -0.3 is 20.7 Å². The second-order valence-corrected chi connectivity index (χ2v) is 8.36. The van der Waals surface area contributed by atoms with Crippen LogP contribution in [0.5, 0.6) is 5.75 Å². The van der Waals surface area contributed by atoms with Crippen LogP contribution in [0, 0.1) is 22.7 Å². The summed E-state index contributed by atoms with van der Waals surface area (Å²) in [4.78, 5) is 28.3. The maximum absolute atomic E-state index is 13.3. The quantitative estimate of drug-likeness (QED) is 0.596. The fourth-order valence-corrected chi connectivity index (χ4v) is 4.76. The smallest absolute Gasteiger partial charge is 0.242 e. The van der Waals surface area contributed by atoms with Crippen molar-refractivity contribution in [1.29, 1.82) is 5.26 Å². The lowest BCUT2D eigenvalue weighted by molar-refractivity contribution is -0.150. The molecule has 3 atom stereocenters. The second kappa shape index (κ2) is 7.01. The van der Waals surface area contributed by atoms with Gasteiger partial charge >= 0.3 is 0 Å². The molecule has 1 aromatic carbocycles. The molecule has 0 spiro atoms. The number of rotatable bonds is 5. The molecule has 148 valence electrons. The van der Waals surface area contributed by atoms with E-state index >= 15 is 0 Å². The van der Waals surface area contributed by atoms with Crippen molar-refractivity contribution in [1.82, 2.24) is 10.2 Å². The highest BCUT2D eigenvalue weighted by Gasteiger charge is 2.62. The van der Waals surface area contributed by atoms with Crippen LogP contribution in [0.2, 0.25) is 0 Å². The third kappa shape index (κ3) is 2.88. The Labute approximate surface area is 164 Å². The maximum atomic E-state index is 13.3. The third-order valence-corrected chi connectivity index (χ3v) is 6.54. The number of anilines is 1. The molecule has 0 bridgehead atoms. The zero-order chi connectivity index (χ0) is 19.9. The molecular weight excluding hydrogens is 356 g/mol. The molecule has 1 aromatic rings. The van der Waals surface area contributed by atoms with E-state index in [0.717, 1.165) is 25.7 Å². The summed E-state index contributed by atoms with van der Waals surface area (Å²) in [5, 5.41) is 12.5. The van der Waals surface area contributed by atoms with Crippen molar-refractivity contribution in [2.75, 3.05) is 18.9 Å². The first kappa shape index (κ1) is 18.6. The van der Waals surface area contributed by atoms with Crippen molar-refractivity contribution in [3.63, 3.8) is 0 Å². The predicted octanol–water partition coefficient (Wildman–Crippen LogP) is 1.82. The SMILES string of the molecule is CC1CN2C(=O)C(COc3cccc(N)c3C#N)(C(=O)NC3CCCC3)CC12. The largest absolute Gasteiger partial charge is 0.490 e. The Balaban J connectivity index is 1.59. The number of carbonyl (C=O) groups is 2. The molecule has 2 saturated heterocycles. The first-order valence-corrected chi connectivity index (χ1v) is 9.99. The minimum Gasteiger partial charge on any atom is -0.490 e. The van der Waals surface area contributed by atoms with Crippen LogP contribution in [-0.4, -0.2) is 41.9 Å². The number of nitrogens with two attached hydrogens (primary N) is 1. The number of nitrogens with zero attached hydrogens (tertiary/aromatic N) is 2. The van der Waals surface area contributed by atoms with E-state index < -0.39 is 5.41 Å². The normalized spacial score (nSPS) is 29.1. The molecule has 0 radical (unpaired) electrons. The molecule has 4 rings (SSSR count). The van der Waals surface area contributed by atoms with Crippen LogP contribution in [-0.2, 0) is 9.59 Å². The number of hydrogen-bond donors (Lipinski definition) is 2. The number of benzene rings is 1. The number of nitriles is 1. The van der Waals surface area contributed by atoms with Gasteiger partial charge in [0.1, 0.15) is 24.0 Å². The molecule has 7 heteroatoms. The summed E-state index contributed by atoms with van der Waals surface area (Å²) in [5.74, 6) is 0.291. The summed E-state index contributed by atoms with van der Waals surface area (Å²) in [6.45, 7) is 2.71. The van der Waals surface area contributed by atoms with E-state index in [9.17, 15) is 14.9 Å². The average Bonchev–Trinajstić information content (AvgIpc) is 3.26. The Morgan fingerprint density at radius 2 is 2.18 bits per heavy atom. The first-order chi connectivity index (χ1) is 13.5. The van der Waals surface area contributed by atoms with Crippen LogP contribution >= 0.6 is 0 Å². The van der Waals surface area contributed by atoms with Crippen LogP contribution in [0.15, 0.2) is 18.2 Å². The minimum absolute atomic E-state index is 0.0811. The highest BCUT2D eigenvalue weighted by molar-refractivity contribution is 6.07. The van der Waals surface area contributed by atoms with Gasteiger partial charge in [-0.3, -0.25) is 9.59 Å². The van der Waals surface area contributed by atoms with E-state index in [1.165, 1.54) is 0 Å². The predicted molar refractivity (Wildman–Crippen MR) is 103 cm³/mol. The van der Waals surface area contributed by atoms with Gasteiger partial charge in [-0.2, -0.15) is 5.26 Å². The number of amides is 2. The lowest BCUT2D eigenvalue weighted by Crippen LogP contribution is -2.55. The Morgan fingerprint density at radius 3 is 2.82 bits per heavy atom. The molecular formula is C21H26N4O3. The molecule has 7 nitrogen and oxygen atoms in total. The first-order valence-electron chi connectivity index (χ1n) is 9.99. The molecule has 1 saturated carbocycles. The van der Waals surface area contributed by atoms with Crippen molar-refractivity contribution >= 4 is 17.5 Å². The standard InChI is InChI=1S/C21H26N4O3/c1-13-11-25-17(13)9-21(20(25)27,19(26)24-14-5-2-3-6-14)12-28-18-8-4-7-16(23)15(18)10-22/h4,7-8,13-14,17H,2-3,5-6,9,11-12,23H2,1H3,(H,24,26). The minimum atomic E-state index is -1.24. The maximum Gasteiger partial charge on any atom is 0.242 e. The summed E-state index contributed by atoms with van der Waals surface area (Å²) in [6.07, 6.45) is 4.56. The molecule has 0 aromatic heterocycles. The molecule has 3 N–H and O–H groups in total. The van der Waals surface area contributed by atoms with Crippen molar-refractivity contribution in [3.8, 4) is 11.8 Å². The summed E-state index contributed by atoms with van der Waals surface area (Å²) < 4.78 is 5.90. The highest BCUT2D eigenvalue weighted by Crippen LogP contribution is 2.46. The summed E-state index contributed by atoms with van der Waals surface area (Å²) in [5.41, 5.74) is 5.17. The van der Waals surface area contributed by atoms with Crippen LogP contribution < -0.4 is 15.8 Å². The molecule has 1 aliphatic carbocycles. The molecule has 3 aliphatic rings. The Morgan fingerprint density at radius 1 is 1.43 bits per heavy atom. The number of carbonyl (C=O) groups excluding carboxylic acids is 2. The van der Waals surface area contributed by atoms with Gasteiger partial charge in [-0.25, -0.2) is 0 Å². The lowest BCUT2D eigenvalue weighted by atomic mass is 9.81. The molecule has 2 amide bonds. The van der Waals surface area contributed by atoms with E-state index in [0.29, 0.717) is 30.3 Å². The van der Waals surface area contributed by atoms with Crippen LogP contribution in [0.25, 0.3) is 0 Å². The van der Waals surface area contributed by atoms with E-state index in [2.05, 4.69) is 12.2 Å². The summed E-state index contributed by atoms with van der Waals surface area (Å²) >= 11 is 0. The van der Waals surface area contributed by atoms with Gasteiger partial charge in [0.05, 0.1) is 5.69 Å². The Kier molecular flexibility index (Phi) is 4.66. The van der Waals surface area contributed by atoms with Gasteiger partial charge in [-0.15, -0.1) is 0 Å². The monoisotopic (exact) mass is 382 g/mol. The number of ether oxygens (including phenoxy) is 1. The van der Waals surface area contributed by atoms with E-state index in [4.69, 9.17) is 10.5 Å². The number of nitrogen functional groups attached to an aromatic ring is 1. The molecule has 3 unspecified atom stereocenters. The number of nitrogens with one attached hydrogen (secondary N) is 1. The molecule has 2 aliphatic heterocycles. The third-order valence-electron chi connectivity index (χ3n) is 6.54. The fourth-order valence-electron chi connectivity index (χ4n) is 4.76. The van der Waals surface area contributed by atoms with E-state index in [1.807, 2.05) is 6.07 Å². The van der Waals surface area contributed by atoms with Crippen molar-refractivity contribution in [2.45, 2.75) is 51.1 Å². The topological polar surface area (TPSA) is 108 Å². The fraction of sp³-hybridized carbons (Fsp3) is 0.571. The van der Waals surface area contributed by atoms with Crippen LogP contribution in [0.1, 0.15) is 44.6 Å². The Hall–Kier alpha value is -2.75. The van der Waals surface area contributed by atoms with Crippen LogP contribution in [0.3, 0.4) is 0 Å². The molecule has 28 heavy (non-hydrogen) atoms. The van der Waals surface area contributed by atoms with Gasteiger partial charge in [0.25, 0.3) is 0 Å². The molecule has 2 heterocycles. The highest BCUT2D eigenvalue weighted by atomic mass is 16.5. The Bertz CT molecular complexity index is 843. The summed E-state index contributed by atoms with van der Waals surface area (Å²) in [7, 11) is 0. The zero-order valence-electron chi connectivity index (χ0n) is 16.1. The second-order valence-electron chi connectivity index (χ2n) is 8.36. The van der Waals surface area contributed by atoms with Gasteiger partial charge in [-0.05, 0) is 37.3 Å². The van der Waals surface area contributed by atoms with Gasteiger partial charge in [-0.1, -0.05) is 25.8 Å². The number of hydrogen-bond acceptors (Lipinski definition) is 5. The van der Waals surface area contributed by atoms with E-state index in [1.54, 1.807) is 23.1 Å². The van der Waals surface area contributed by atoms with Crippen molar-refractivity contribution in [3.05, 3.63) is 23.8 Å². The van der Waals surface area contributed by atoms with Gasteiger partial charge in [0.2, 0.25) is 11.8 Å². The van der Waals surface area contributed by atoms with Gasteiger partial charge in [0.15, 0.2) is 5.41 Å². The number of fused-ring (bicyclic) bond motifs is 1. The zero-order valence-corrected chi connectivity index (χ0v) is 16.1. The van der Waals surface area contributed by atoms with E-state index in [-0.39, 0.29) is 36.1 Å². The van der Waals surface area contributed by atoms with Crippen LogP contribution in [0.4, 0.5) is 5.69 Å². The van der Waals surface area contributed by atoms with Gasteiger partial charge in [0, 0.05) is 18.6 Å². The van der Waals surface area contributed by atoms with Crippen molar-refractivity contribution < 1.29 is 14.3 Å². The summed E-state index contributed by atoms with van der Waals surface area (Å²) in [6, 6.07) is 7.23. The van der Waals surface area contributed by atoms with Crippen molar-refractivity contribution in [2.24, 2.45) is 11.3 Å².